The van der Waals surface area contributed by atoms with E-state index in [0.717, 1.165) is 24.3 Å². The van der Waals surface area contributed by atoms with Gasteiger partial charge in [-0.2, -0.15) is 0 Å². The molecule has 3 heteroatoms. The minimum atomic E-state index is 0.0630. The topological polar surface area (TPSA) is 42.1 Å². The first-order valence-corrected chi connectivity index (χ1v) is 5.07. The van der Waals surface area contributed by atoms with Crippen LogP contribution in [0.15, 0.2) is 18.3 Å². The lowest BCUT2D eigenvalue weighted by Crippen LogP contribution is -2.19. The van der Waals surface area contributed by atoms with Gasteiger partial charge in [0, 0.05) is 25.8 Å². The Labute approximate surface area is 85.9 Å². The second-order valence-corrected chi connectivity index (χ2v) is 3.66. The molecule has 0 aromatic carbocycles. The maximum absolute atomic E-state index is 5.74. The van der Waals surface area contributed by atoms with E-state index in [1.54, 1.807) is 0 Å². The van der Waals surface area contributed by atoms with Gasteiger partial charge in [0.25, 0.3) is 0 Å². The lowest BCUT2D eigenvalue weighted by molar-refractivity contribution is 0.802. The van der Waals surface area contributed by atoms with Crippen LogP contribution in [-0.4, -0.2) is 18.6 Å². The highest BCUT2D eigenvalue weighted by Gasteiger charge is 2.02. The average molecular weight is 193 g/mol. The zero-order chi connectivity index (χ0) is 10.6. The van der Waals surface area contributed by atoms with Gasteiger partial charge in [0.05, 0.1) is 0 Å². The predicted molar refractivity (Wildman–Crippen MR) is 60.4 cm³/mol. The molecule has 2 N–H and O–H groups in total. The predicted octanol–water partition coefficient (Wildman–Crippen LogP) is 1.95. The van der Waals surface area contributed by atoms with E-state index in [1.807, 2.05) is 25.3 Å². The fourth-order valence-electron chi connectivity index (χ4n) is 1.34. The summed E-state index contributed by atoms with van der Waals surface area (Å²) in [7, 11) is 2.05. The molecule has 0 unspecified atom stereocenters. The number of pyridine rings is 1. The Morgan fingerprint density at radius 3 is 2.64 bits per heavy atom. The van der Waals surface area contributed by atoms with Gasteiger partial charge < -0.3 is 10.6 Å². The van der Waals surface area contributed by atoms with Crippen LogP contribution < -0.4 is 10.6 Å². The van der Waals surface area contributed by atoms with Crippen LogP contribution in [0.25, 0.3) is 0 Å². The van der Waals surface area contributed by atoms with Crippen LogP contribution in [0.1, 0.15) is 31.9 Å². The largest absolute Gasteiger partial charge is 0.360 e. The van der Waals surface area contributed by atoms with Crippen molar-refractivity contribution in [3.8, 4) is 0 Å². The van der Waals surface area contributed by atoms with Crippen molar-refractivity contribution in [2.45, 2.75) is 26.3 Å². The van der Waals surface area contributed by atoms with E-state index in [2.05, 4.69) is 23.9 Å². The fourth-order valence-corrected chi connectivity index (χ4v) is 1.34. The molecule has 3 nitrogen and oxygen atoms in total. The number of nitrogens with two attached hydrogens (primary N) is 1. The van der Waals surface area contributed by atoms with Crippen molar-refractivity contribution >= 4 is 5.82 Å². The van der Waals surface area contributed by atoms with Crippen LogP contribution in [0.3, 0.4) is 0 Å². The van der Waals surface area contributed by atoms with E-state index in [0.29, 0.717) is 0 Å². The summed E-state index contributed by atoms with van der Waals surface area (Å²) in [6, 6.07) is 4.13. The Kier molecular flexibility index (Phi) is 3.89. The molecule has 1 atom stereocenters. The number of nitrogens with zero attached hydrogens (tertiary/aromatic N) is 2. The molecule has 1 heterocycles. The number of hydrogen-bond acceptors (Lipinski definition) is 3. The molecule has 1 rings (SSSR count). The van der Waals surface area contributed by atoms with Gasteiger partial charge in [0.2, 0.25) is 0 Å². The van der Waals surface area contributed by atoms with Crippen molar-refractivity contribution in [2.75, 3.05) is 18.5 Å². The Balaban J connectivity index is 2.72. The van der Waals surface area contributed by atoms with Gasteiger partial charge in [-0.1, -0.05) is 13.0 Å². The summed E-state index contributed by atoms with van der Waals surface area (Å²) in [6.07, 6.45) is 2.99. The minimum Gasteiger partial charge on any atom is -0.360 e. The summed E-state index contributed by atoms with van der Waals surface area (Å²) in [5.74, 6) is 1.01. The van der Waals surface area contributed by atoms with Gasteiger partial charge in [-0.05, 0) is 25.0 Å². The van der Waals surface area contributed by atoms with Gasteiger partial charge in [0.15, 0.2) is 0 Å². The van der Waals surface area contributed by atoms with Crippen molar-refractivity contribution in [2.24, 2.45) is 5.73 Å². The highest BCUT2D eigenvalue weighted by molar-refractivity contribution is 5.38. The third kappa shape index (κ3) is 2.70. The summed E-state index contributed by atoms with van der Waals surface area (Å²) >= 11 is 0. The molecule has 0 aliphatic carbocycles. The smallest absolute Gasteiger partial charge is 0.128 e. The van der Waals surface area contributed by atoms with E-state index < -0.39 is 0 Å². The summed E-state index contributed by atoms with van der Waals surface area (Å²) in [5, 5.41) is 0. The monoisotopic (exact) mass is 193 g/mol. The Hall–Kier alpha value is -1.09. The summed E-state index contributed by atoms with van der Waals surface area (Å²) in [4.78, 5) is 6.51. The first-order chi connectivity index (χ1) is 6.65. The lowest BCUT2D eigenvalue weighted by atomic mass is 10.1. The van der Waals surface area contributed by atoms with E-state index in [9.17, 15) is 0 Å². The fraction of sp³-hybridized carbons (Fsp3) is 0.545. The summed E-state index contributed by atoms with van der Waals surface area (Å²) in [6.45, 7) is 5.16. The standard InChI is InChI=1S/C11H19N3/c1-4-7-14(3)11-6-5-10(8-13-11)9(2)12/h5-6,8-9H,4,7,12H2,1-3H3/t9-/m1/s1. The summed E-state index contributed by atoms with van der Waals surface area (Å²) in [5.41, 5.74) is 6.83. The van der Waals surface area contributed by atoms with Crippen molar-refractivity contribution in [3.05, 3.63) is 23.9 Å². The van der Waals surface area contributed by atoms with Crippen LogP contribution in [0, 0.1) is 0 Å². The molecular weight excluding hydrogens is 174 g/mol. The average Bonchev–Trinajstić information content (AvgIpc) is 2.18. The van der Waals surface area contributed by atoms with Gasteiger partial charge in [-0.15, -0.1) is 0 Å². The Morgan fingerprint density at radius 1 is 1.50 bits per heavy atom. The third-order valence-electron chi connectivity index (χ3n) is 2.25. The van der Waals surface area contributed by atoms with Crippen molar-refractivity contribution < 1.29 is 0 Å². The van der Waals surface area contributed by atoms with Crippen LogP contribution in [0.2, 0.25) is 0 Å². The first-order valence-electron chi connectivity index (χ1n) is 5.07. The van der Waals surface area contributed by atoms with Gasteiger partial charge in [0.1, 0.15) is 5.82 Å². The van der Waals surface area contributed by atoms with Crippen LogP contribution in [0.5, 0.6) is 0 Å². The molecule has 0 spiro atoms. The number of rotatable bonds is 4. The molecule has 78 valence electrons. The minimum absolute atomic E-state index is 0.0630. The number of aromatic nitrogens is 1. The zero-order valence-electron chi connectivity index (χ0n) is 9.20. The highest BCUT2D eigenvalue weighted by Crippen LogP contribution is 2.13. The lowest BCUT2D eigenvalue weighted by Gasteiger charge is -2.17. The second-order valence-electron chi connectivity index (χ2n) is 3.66. The highest BCUT2D eigenvalue weighted by atomic mass is 15.2. The molecule has 1 aromatic heterocycles. The molecule has 0 aliphatic rings. The molecule has 0 saturated heterocycles. The van der Waals surface area contributed by atoms with Crippen molar-refractivity contribution in [3.63, 3.8) is 0 Å². The molecule has 0 saturated carbocycles. The molecule has 0 bridgehead atoms. The molecule has 0 radical (unpaired) electrons. The van der Waals surface area contributed by atoms with E-state index in [4.69, 9.17) is 5.73 Å². The molecule has 0 aliphatic heterocycles. The Bertz CT molecular complexity index is 266. The van der Waals surface area contributed by atoms with Crippen LogP contribution in [0.4, 0.5) is 5.82 Å². The summed E-state index contributed by atoms with van der Waals surface area (Å²) < 4.78 is 0. The van der Waals surface area contributed by atoms with Gasteiger partial charge in [-0.3, -0.25) is 0 Å². The molecule has 14 heavy (non-hydrogen) atoms. The maximum Gasteiger partial charge on any atom is 0.128 e. The van der Waals surface area contributed by atoms with Crippen LogP contribution in [-0.2, 0) is 0 Å². The number of hydrogen-bond donors (Lipinski definition) is 1. The second kappa shape index (κ2) is 4.96. The van der Waals surface area contributed by atoms with Crippen molar-refractivity contribution in [1.82, 2.24) is 4.98 Å². The molecule has 0 amide bonds. The third-order valence-corrected chi connectivity index (χ3v) is 2.25. The quantitative estimate of drug-likeness (QED) is 0.794. The maximum atomic E-state index is 5.74. The van der Waals surface area contributed by atoms with E-state index in [-0.39, 0.29) is 6.04 Å². The molecular formula is C11H19N3. The number of anilines is 1. The first kappa shape index (κ1) is 11.0. The molecule has 0 fully saturated rings. The Morgan fingerprint density at radius 2 is 2.21 bits per heavy atom. The van der Waals surface area contributed by atoms with E-state index >= 15 is 0 Å². The SMILES string of the molecule is CCCN(C)c1ccc([C@@H](C)N)cn1. The van der Waals surface area contributed by atoms with Gasteiger partial charge >= 0.3 is 0 Å². The zero-order valence-corrected chi connectivity index (χ0v) is 9.20. The molecule has 1 aromatic rings. The van der Waals surface area contributed by atoms with E-state index in [1.165, 1.54) is 0 Å². The van der Waals surface area contributed by atoms with Crippen molar-refractivity contribution in [1.29, 1.82) is 0 Å². The normalized spacial score (nSPS) is 12.6. The van der Waals surface area contributed by atoms with Crippen LogP contribution >= 0.6 is 0 Å². The van der Waals surface area contributed by atoms with Gasteiger partial charge in [-0.25, -0.2) is 4.98 Å².